The SMILES string of the molecule is COCCOc1ccccc1[S+](c1ccccc1)c1ccccc1OCCOC.FC(F)(F)c1cc([B-](c2cc(C(F)(F)F)cc(C(F)(F)F)c2)(c2cc(C(F)(F)F)cc(C(F)(F)F)c2)c2cc(C(F)(F)F)cc(C(F)(F)F)c2)cc(C(F)(F)F)c1. The predicted octanol–water partition coefficient (Wildman–Crippen LogP) is 16.0. The summed E-state index contributed by atoms with van der Waals surface area (Å²) >= 11 is 0. The molecule has 7 aromatic carbocycles. The summed E-state index contributed by atoms with van der Waals surface area (Å²) in [7, 11) is 2.98. The summed E-state index contributed by atoms with van der Waals surface area (Å²) in [6.45, 7) is 2.10. The number of para-hydroxylation sites is 2. The van der Waals surface area contributed by atoms with Gasteiger partial charge in [0.25, 0.3) is 0 Å². The number of hydrogen-bond donors (Lipinski definition) is 0. The Labute approximate surface area is 474 Å². The van der Waals surface area contributed by atoms with Crippen molar-refractivity contribution in [3.8, 4) is 11.5 Å². The molecule has 7 aromatic rings. The summed E-state index contributed by atoms with van der Waals surface area (Å²) in [5.74, 6) is 1.73. The molecule has 0 heterocycles. The fourth-order valence-corrected chi connectivity index (χ4v) is 11.2. The molecule has 0 aromatic heterocycles. The molecule has 86 heavy (non-hydrogen) atoms. The van der Waals surface area contributed by atoms with Crippen LogP contribution in [0.4, 0.5) is 105 Å². The van der Waals surface area contributed by atoms with E-state index in [0.717, 1.165) is 21.3 Å². The molecule has 0 saturated carbocycles. The largest absolute Gasteiger partial charge is 0.486 e. The predicted molar refractivity (Wildman–Crippen MR) is 266 cm³/mol. The second-order valence-corrected chi connectivity index (χ2v) is 20.4. The van der Waals surface area contributed by atoms with Crippen LogP contribution in [-0.2, 0) is 69.8 Å². The molecule has 0 N–H and O–H groups in total. The summed E-state index contributed by atoms with van der Waals surface area (Å²) in [6, 6.07) is 18.1. The van der Waals surface area contributed by atoms with Gasteiger partial charge < -0.3 is 18.9 Å². The highest BCUT2D eigenvalue weighted by Crippen LogP contribution is 2.44. The first-order valence-electron chi connectivity index (χ1n) is 24.2. The molecule has 0 aliphatic heterocycles. The third kappa shape index (κ3) is 16.2. The zero-order chi connectivity index (χ0) is 64.2. The zero-order valence-electron chi connectivity index (χ0n) is 43.5. The fourth-order valence-electron chi connectivity index (χ4n) is 8.95. The van der Waals surface area contributed by atoms with Crippen molar-refractivity contribution in [1.29, 1.82) is 0 Å². The van der Waals surface area contributed by atoms with E-state index in [0.29, 0.717) is 26.4 Å². The summed E-state index contributed by atoms with van der Waals surface area (Å²) in [5.41, 5.74) is -30.2. The average Bonchev–Trinajstić information content (AvgIpc) is 0.719. The number of methoxy groups -OCH3 is 2. The van der Waals surface area contributed by atoms with E-state index in [4.69, 9.17) is 18.9 Å². The van der Waals surface area contributed by atoms with Crippen LogP contribution in [0, 0.1) is 0 Å². The van der Waals surface area contributed by atoms with Gasteiger partial charge in [-0.25, -0.2) is 0 Å². The summed E-state index contributed by atoms with van der Waals surface area (Å²) in [4.78, 5) is 3.45. The maximum absolute atomic E-state index is 14.2. The van der Waals surface area contributed by atoms with Gasteiger partial charge >= 0.3 is 49.4 Å². The van der Waals surface area contributed by atoms with Gasteiger partial charge in [-0.3, -0.25) is 0 Å². The van der Waals surface area contributed by atoms with Crippen LogP contribution in [0.1, 0.15) is 44.5 Å². The molecular weight excluding hydrogens is 1240 g/mol. The van der Waals surface area contributed by atoms with Crippen LogP contribution in [-0.4, -0.2) is 46.8 Å². The van der Waals surface area contributed by atoms with Crippen LogP contribution in [0.25, 0.3) is 0 Å². The minimum absolute atomic E-state index is 0.380. The monoisotopic (exact) mass is 1270 g/mol. The zero-order valence-corrected chi connectivity index (χ0v) is 44.3. The molecule has 0 spiro atoms. The van der Waals surface area contributed by atoms with Gasteiger partial charge in [-0.05, 0) is 60.7 Å². The summed E-state index contributed by atoms with van der Waals surface area (Å²) in [5, 5.41) is 0. The highest BCUT2D eigenvalue weighted by Gasteiger charge is 2.47. The topological polar surface area (TPSA) is 36.9 Å². The number of ether oxygens (including phenoxy) is 4. The number of halogens is 24. The molecule has 0 unspecified atom stereocenters. The van der Waals surface area contributed by atoms with Crippen molar-refractivity contribution in [1.82, 2.24) is 0 Å². The molecule has 0 radical (unpaired) electrons. The van der Waals surface area contributed by atoms with Gasteiger partial charge in [0, 0.05) is 14.2 Å². The lowest BCUT2D eigenvalue weighted by Gasteiger charge is -2.46. The Kier molecular flexibility index (Phi) is 20.2. The fraction of sp³-hybridized carbons (Fsp3) is 0.250. The van der Waals surface area contributed by atoms with E-state index in [2.05, 4.69) is 48.5 Å². The van der Waals surface area contributed by atoms with Crippen LogP contribution in [0.3, 0.4) is 0 Å². The Bertz CT molecular complexity index is 2950. The highest BCUT2D eigenvalue weighted by molar-refractivity contribution is 7.97. The first-order chi connectivity index (χ1) is 39.6. The van der Waals surface area contributed by atoms with Crippen LogP contribution in [0.15, 0.2) is 166 Å². The Morgan fingerprint density at radius 2 is 0.512 bits per heavy atom. The van der Waals surface area contributed by atoms with Gasteiger partial charge in [0.2, 0.25) is 9.79 Å². The molecule has 0 bridgehead atoms. The minimum Gasteiger partial charge on any atom is -0.486 e. The van der Waals surface area contributed by atoms with Crippen molar-refractivity contribution in [2.45, 2.75) is 64.1 Å². The first kappa shape index (κ1) is 67.9. The van der Waals surface area contributed by atoms with Gasteiger partial charge in [-0.2, -0.15) is 127 Å². The van der Waals surface area contributed by atoms with Crippen molar-refractivity contribution in [2.24, 2.45) is 0 Å². The van der Waals surface area contributed by atoms with Crippen LogP contribution in [0.5, 0.6) is 11.5 Å². The molecule has 4 nitrogen and oxygen atoms in total. The van der Waals surface area contributed by atoms with Crippen LogP contribution < -0.4 is 31.3 Å². The molecule has 7 rings (SSSR count). The van der Waals surface area contributed by atoms with E-state index in [9.17, 15) is 105 Å². The Morgan fingerprint density at radius 1 is 0.291 bits per heavy atom. The van der Waals surface area contributed by atoms with Gasteiger partial charge in [0.05, 0.1) is 57.7 Å². The van der Waals surface area contributed by atoms with Gasteiger partial charge in [0.15, 0.2) is 16.4 Å². The average molecular weight is 1270 g/mol. The number of benzene rings is 7. The van der Waals surface area contributed by atoms with Crippen LogP contribution in [0.2, 0.25) is 0 Å². The lowest BCUT2D eigenvalue weighted by atomic mass is 9.12. The van der Waals surface area contributed by atoms with E-state index < -0.39 is 195 Å². The van der Waals surface area contributed by atoms with E-state index >= 15 is 0 Å². The lowest BCUT2D eigenvalue weighted by Crippen LogP contribution is -2.75. The smallest absolute Gasteiger partial charge is 0.416 e. The molecule has 0 atom stereocenters. The third-order valence-electron chi connectivity index (χ3n) is 12.6. The molecule has 0 fully saturated rings. The summed E-state index contributed by atoms with van der Waals surface area (Å²) < 4.78 is 363. The maximum atomic E-state index is 14.2. The molecule has 0 aliphatic rings. The van der Waals surface area contributed by atoms with Crippen molar-refractivity contribution >= 4 is 38.9 Å². The molecule has 0 aliphatic carbocycles. The van der Waals surface area contributed by atoms with E-state index in [1.807, 2.05) is 30.3 Å². The quantitative estimate of drug-likeness (QED) is 0.0444. The van der Waals surface area contributed by atoms with Crippen LogP contribution >= 0.6 is 0 Å². The lowest BCUT2D eigenvalue weighted by molar-refractivity contribution is -0.144. The Morgan fingerprint density at radius 3 is 0.733 bits per heavy atom. The number of alkyl halides is 24. The third-order valence-corrected chi connectivity index (χ3v) is 14.9. The maximum Gasteiger partial charge on any atom is 0.416 e. The van der Waals surface area contributed by atoms with Crippen molar-refractivity contribution in [3.63, 3.8) is 0 Å². The van der Waals surface area contributed by atoms with Crippen molar-refractivity contribution < 1.29 is 124 Å². The number of hydrogen-bond acceptors (Lipinski definition) is 4. The van der Waals surface area contributed by atoms with E-state index in [1.54, 1.807) is 14.2 Å². The van der Waals surface area contributed by atoms with Gasteiger partial charge in [-0.15, -0.1) is 0 Å². The van der Waals surface area contributed by atoms with Gasteiger partial charge in [0.1, 0.15) is 30.3 Å². The first-order valence-corrected chi connectivity index (χ1v) is 25.4. The molecule has 30 heteroatoms. The standard InChI is InChI=1S/C32H12BF24.C24H27O4S/c34-25(35,36)13-1-14(26(37,38)39)6-21(5-13)33(22-7-15(27(40,41)42)2-16(8-22)28(43,44)45,23-9-17(29(46,47)48)3-18(10-23)30(49,50)51)24-11-19(31(52,53)54)4-20(12-24)32(55,56)57;1-25-16-18-27-21-12-6-8-14-23(21)29(20-10-4-3-5-11-20)24-15-9-7-13-22(24)28-19-17-26-2/h1-12H;3-15H,16-19H2,1-2H3/q-1;+1. The molecule has 0 saturated heterocycles. The second-order valence-electron chi connectivity index (χ2n) is 18.4. The highest BCUT2D eigenvalue weighted by atomic mass is 32.2. The van der Waals surface area contributed by atoms with Crippen molar-refractivity contribution in [2.75, 3.05) is 40.6 Å². The normalized spacial score (nSPS) is 13.2. The van der Waals surface area contributed by atoms with Crippen molar-refractivity contribution in [3.05, 3.63) is 196 Å². The van der Waals surface area contributed by atoms with E-state index in [1.165, 1.54) is 4.90 Å². The van der Waals surface area contributed by atoms with E-state index in [-0.39, 0.29) is 10.9 Å². The Hall–Kier alpha value is -7.21. The molecule has 0 amide bonds. The molecule has 464 valence electrons. The Balaban J connectivity index is 0.000000340. The van der Waals surface area contributed by atoms with Gasteiger partial charge in [-0.1, -0.05) is 91.0 Å². The summed E-state index contributed by atoms with van der Waals surface area (Å²) in [6.07, 6.45) is -54.8. The second kappa shape index (κ2) is 25.6. The minimum atomic E-state index is -6.13. The number of rotatable bonds is 15. The molecular formula is C56H39BF24O4S.